The molecule has 0 atom stereocenters. The van der Waals surface area contributed by atoms with E-state index in [1.807, 2.05) is 0 Å². The molecule has 0 aliphatic heterocycles. The molecule has 0 aliphatic carbocycles. The van der Waals surface area contributed by atoms with E-state index in [0.717, 1.165) is 6.92 Å². The van der Waals surface area contributed by atoms with Crippen molar-refractivity contribution in [2.75, 3.05) is 0 Å². The Bertz CT molecular complexity index is 115. The van der Waals surface area contributed by atoms with Gasteiger partial charge in [0.25, 0.3) is 5.97 Å². The van der Waals surface area contributed by atoms with Gasteiger partial charge in [0.2, 0.25) is 0 Å². The van der Waals surface area contributed by atoms with Crippen molar-refractivity contribution in [2.24, 2.45) is 0 Å². The zero-order valence-electron chi connectivity index (χ0n) is 4.55. The Morgan fingerprint density at radius 3 is 1.30 bits per heavy atom. The summed E-state index contributed by atoms with van der Waals surface area (Å²) in [6, 6.07) is 0. The van der Waals surface area contributed by atoms with E-state index < -0.39 is 13.8 Å². The molecular formula is C2H10AlO6P. The van der Waals surface area contributed by atoms with E-state index in [0.29, 0.717) is 0 Å². The van der Waals surface area contributed by atoms with Crippen LogP contribution in [0.15, 0.2) is 0 Å². The summed E-state index contributed by atoms with van der Waals surface area (Å²) >= 11 is 0. The Kier molecular flexibility index (Phi) is 12.0. The maximum absolute atomic E-state index is 9.00. The Balaban J connectivity index is -0.0000000910. The smallest absolute Gasteiger partial charge is 0.466 e. The molecule has 0 aromatic heterocycles. The average molecular weight is 188 g/mol. The predicted octanol–water partition coefficient (Wildman–Crippen LogP) is -2.02. The van der Waals surface area contributed by atoms with Crippen LogP contribution in [-0.4, -0.2) is 43.1 Å². The Labute approximate surface area is 67.9 Å². The summed E-state index contributed by atoms with van der Waals surface area (Å²) in [4.78, 5) is 30.6. The lowest BCUT2D eigenvalue weighted by atomic mass is 10.9. The minimum atomic E-state index is -4.64. The third-order valence-electron chi connectivity index (χ3n) is 0. The van der Waals surface area contributed by atoms with Crippen LogP contribution >= 0.6 is 7.82 Å². The van der Waals surface area contributed by atoms with E-state index in [1.54, 1.807) is 0 Å². The van der Waals surface area contributed by atoms with Gasteiger partial charge in [-0.25, -0.2) is 4.57 Å². The highest BCUT2D eigenvalue weighted by Crippen LogP contribution is 2.25. The number of hydrogen-bond donors (Lipinski definition) is 4. The van der Waals surface area contributed by atoms with Gasteiger partial charge in [-0.15, -0.1) is 0 Å². The summed E-state index contributed by atoms with van der Waals surface area (Å²) in [5, 5.41) is 7.42. The normalized spacial score (nSPS) is 8.40. The van der Waals surface area contributed by atoms with Gasteiger partial charge >= 0.3 is 7.82 Å². The van der Waals surface area contributed by atoms with Crippen LogP contribution in [0.2, 0.25) is 0 Å². The van der Waals surface area contributed by atoms with Gasteiger partial charge in [-0.3, -0.25) is 4.79 Å². The number of hydrogen-bond acceptors (Lipinski definition) is 2. The molecule has 0 aromatic rings. The molecule has 4 N–H and O–H groups in total. The molecule has 0 saturated heterocycles. The van der Waals surface area contributed by atoms with E-state index in [9.17, 15) is 0 Å². The van der Waals surface area contributed by atoms with Crippen molar-refractivity contribution in [2.45, 2.75) is 6.92 Å². The second-order valence-electron chi connectivity index (χ2n) is 1.03. The second kappa shape index (κ2) is 7.22. The molecule has 62 valence electrons. The Morgan fingerprint density at radius 1 is 1.30 bits per heavy atom. The fourth-order valence-electron chi connectivity index (χ4n) is 0. The Hall–Kier alpha value is 0.112. The largest absolute Gasteiger partial charge is 0.481 e. The maximum atomic E-state index is 9.00. The van der Waals surface area contributed by atoms with Crippen LogP contribution < -0.4 is 0 Å². The lowest BCUT2D eigenvalue weighted by Crippen LogP contribution is -1.78. The Morgan fingerprint density at radius 2 is 1.30 bits per heavy atom. The van der Waals surface area contributed by atoms with Crippen LogP contribution in [-0.2, 0) is 9.36 Å². The lowest BCUT2D eigenvalue weighted by Gasteiger charge is -1.82. The van der Waals surface area contributed by atoms with E-state index in [1.165, 1.54) is 0 Å². The van der Waals surface area contributed by atoms with E-state index in [2.05, 4.69) is 0 Å². The fourth-order valence-corrected chi connectivity index (χ4v) is 0. The molecule has 6 nitrogen and oxygen atoms in total. The van der Waals surface area contributed by atoms with Crippen LogP contribution in [0, 0.1) is 0 Å². The first kappa shape index (κ1) is 16.6. The minimum absolute atomic E-state index is 0. The van der Waals surface area contributed by atoms with Crippen molar-refractivity contribution in [3.05, 3.63) is 0 Å². The number of aliphatic carboxylic acids is 1. The molecular weight excluding hydrogens is 178 g/mol. The van der Waals surface area contributed by atoms with Gasteiger partial charge in [0.1, 0.15) is 0 Å². The molecule has 0 bridgehead atoms. The van der Waals surface area contributed by atoms with Gasteiger partial charge in [0.15, 0.2) is 17.4 Å². The molecule has 0 rings (SSSR count). The topological polar surface area (TPSA) is 115 Å². The standard InChI is InChI=1S/C2H4O2.Al.H3O4P.3H/c1-2(3)4;;1-5(2,3)4;;;/h1H3,(H,3,4);;(H3,1,2,3,4);;;. The summed E-state index contributed by atoms with van der Waals surface area (Å²) in [6.07, 6.45) is 0. The van der Waals surface area contributed by atoms with Crippen molar-refractivity contribution >= 4 is 31.2 Å². The summed E-state index contributed by atoms with van der Waals surface area (Å²) < 4.78 is 8.88. The van der Waals surface area contributed by atoms with E-state index in [-0.39, 0.29) is 17.4 Å². The highest BCUT2D eigenvalue weighted by atomic mass is 31.2. The van der Waals surface area contributed by atoms with Crippen molar-refractivity contribution in [3.63, 3.8) is 0 Å². The SMILES string of the molecule is CC(=O)O.O=P(O)(O)O.[AlH3]. The molecule has 10 heavy (non-hydrogen) atoms. The summed E-state index contributed by atoms with van der Waals surface area (Å²) in [5.74, 6) is -0.833. The molecule has 0 fully saturated rings. The van der Waals surface area contributed by atoms with Gasteiger partial charge < -0.3 is 19.8 Å². The highest BCUT2D eigenvalue weighted by Gasteiger charge is 2.00. The average Bonchev–Trinajstić information content (AvgIpc) is 1.19. The van der Waals surface area contributed by atoms with Gasteiger partial charge in [-0.05, 0) is 0 Å². The molecule has 0 aliphatic rings. The zero-order valence-corrected chi connectivity index (χ0v) is 5.45. The number of phosphoric acid groups is 1. The third-order valence-corrected chi connectivity index (χ3v) is 0. The van der Waals surface area contributed by atoms with Crippen LogP contribution in [0.3, 0.4) is 0 Å². The molecule has 0 saturated carbocycles. The van der Waals surface area contributed by atoms with Crippen molar-refractivity contribution < 1.29 is 29.1 Å². The first-order chi connectivity index (χ1) is 3.73. The van der Waals surface area contributed by atoms with Gasteiger partial charge in [-0.1, -0.05) is 0 Å². The molecule has 8 heteroatoms. The molecule has 0 radical (unpaired) electrons. The monoisotopic (exact) mass is 188 g/mol. The number of carboxylic acid groups (broad SMARTS) is 1. The molecule has 0 spiro atoms. The van der Waals surface area contributed by atoms with Crippen LogP contribution in [0.1, 0.15) is 6.92 Å². The number of rotatable bonds is 0. The molecule has 0 aromatic carbocycles. The van der Waals surface area contributed by atoms with Gasteiger partial charge in [0, 0.05) is 6.92 Å². The van der Waals surface area contributed by atoms with Crippen molar-refractivity contribution in [1.82, 2.24) is 0 Å². The number of carbonyl (C=O) groups is 1. The first-order valence-corrected chi connectivity index (χ1v) is 3.28. The molecule has 0 amide bonds. The van der Waals surface area contributed by atoms with Gasteiger partial charge in [0.05, 0.1) is 0 Å². The summed E-state index contributed by atoms with van der Waals surface area (Å²) in [7, 11) is -4.64. The minimum Gasteiger partial charge on any atom is -0.481 e. The van der Waals surface area contributed by atoms with Crippen molar-refractivity contribution in [1.29, 1.82) is 0 Å². The highest BCUT2D eigenvalue weighted by molar-refractivity contribution is 7.45. The van der Waals surface area contributed by atoms with Gasteiger partial charge in [-0.2, -0.15) is 0 Å². The van der Waals surface area contributed by atoms with E-state index in [4.69, 9.17) is 29.1 Å². The summed E-state index contributed by atoms with van der Waals surface area (Å²) in [5.41, 5.74) is 0. The third kappa shape index (κ3) is 32400. The zero-order chi connectivity index (χ0) is 8.08. The lowest BCUT2D eigenvalue weighted by molar-refractivity contribution is -0.134. The van der Waals surface area contributed by atoms with E-state index >= 15 is 0 Å². The molecule has 0 heterocycles. The van der Waals surface area contributed by atoms with Crippen molar-refractivity contribution in [3.8, 4) is 0 Å². The predicted molar refractivity (Wildman–Crippen MR) is 37.5 cm³/mol. The van der Waals surface area contributed by atoms with Crippen LogP contribution in [0.4, 0.5) is 0 Å². The first-order valence-electron chi connectivity index (χ1n) is 1.71. The quantitative estimate of drug-likeness (QED) is 0.257. The number of carboxylic acids is 1. The van der Waals surface area contributed by atoms with Crippen LogP contribution in [0.25, 0.3) is 0 Å². The second-order valence-corrected chi connectivity index (χ2v) is 2.06. The van der Waals surface area contributed by atoms with Crippen LogP contribution in [0.5, 0.6) is 0 Å². The fraction of sp³-hybridized carbons (Fsp3) is 0.500. The summed E-state index contributed by atoms with van der Waals surface area (Å²) in [6.45, 7) is 1.08. The molecule has 0 unspecified atom stereocenters. The maximum Gasteiger partial charge on any atom is 0.466 e.